The van der Waals surface area contributed by atoms with Crippen LogP contribution < -0.4 is 14.8 Å². The van der Waals surface area contributed by atoms with Crippen molar-refractivity contribution in [2.24, 2.45) is 0 Å². The smallest absolute Gasteiger partial charge is 0.161 e. The van der Waals surface area contributed by atoms with Crippen LogP contribution in [-0.4, -0.2) is 24.4 Å². The molecule has 0 unspecified atom stereocenters. The van der Waals surface area contributed by atoms with Crippen molar-refractivity contribution in [2.75, 3.05) is 19.5 Å². The molecule has 1 aromatic carbocycles. The lowest BCUT2D eigenvalue weighted by Crippen LogP contribution is -2.02. The molecule has 2 aromatic rings. The Labute approximate surface area is 116 Å². The summed E-state index contributed by atoms with van der Waals surface area (Å²) in [7, 11) is 3.22. The normalized spacial score (nSPS) is 10.1. The number of hydrogen-bond donors (Lipinski definition) is 1. The maximum Gasteiger partial charge on any atom is 0.161 e. The number of benzene rings is 1. The van der Waals surface area contributed by atoms with Crippen LogP contribution in [0.25, 0.3) is 0 Å². The van der Waals surface area contributed by atoms with Gasteiger partial charge in [0, 0.05) is 6.54 Å². The van der Waals surface area contributed by atoms with E-state index in [4.69, 9.17) is 21.1 Å². The van der Waals surface area contributed by atoms with Gasteiger partial charge in [-0.2, -0.15) is 0 Å². The van der Waals surface area contributed by atoms with Gasteiger partial charge in [-0.25, -0.2) is 0 Å². The van der Waals surface area contributed by atoms with Gasteiger partial charge in [0.2, 0.25) is 0 Å². The van der Waals surface area contributed by atoms with Crippen LogP contribution in [0.5, 0.6) is 11.5 Å². The molecule has 0 aliphatic rings. The molecule has 100 valence electrons. The number of halogens is 1. The molecule has 0 atom stereocenters. The fraction of sp³-hybridized carbons (Fsp3) is 0.231. The van der Waals surface area contributed by atoms with Crippen molar-refractivity contribution < 1.29 is 9.47 Å². The minimum absolute atomic E-state index is 0.372. The van der Waals surface area contributed by atoms with Crippen molar-refractivity contribution in [1.82, 2.24) is 10.2 Å². The zero-order valence-electron chi connectivity index (χ0n) is 10.7. The predicted molar refractivity (Wildman–Crippen MR) is 73.9 cm³/mol. The van der Waals surface area contributed by atoms with Crippen LogP contribution in [0.4, 0.5) is 5.82 Å². The van der Waals surface area contributed by atoms with E-state index in [1.165, 1.54) is 0 Å². The van der Waals surface area contributed by atoms with Crippen molar-refractivity contribution in [1.29, 1.82) is 0 Å². The second kappa shape index (κ2) is 6.24. The van der Waals surface area contributed by atoms with Crippen molar-refractivity contribution in [2.45, 2.75) is 6.54 Å². The molecule has 6 heteroatoms. The largest absolute Gasteiger partial charge is 0.493 e. The fourth-order valence-corrected chi connectivity index (χ4v) is 1.69. The van der Waals surface area contributed by atoms with E-state index in [0.717, 1.165) is 5.56 Å². The van der Waals surface area contributed by atoms with Gasteiger partial charge in [-0.3, -0.25) is 0 Å². The lowest BCUT2D eigenvalue weighted by Gasteiger charge is -2.10. The Hall–Kier alpha value is -2.01. The lowest BCUT2D eigenvalue weighted by molar-refractivity contribution is 0.354. The molecule has 0 amide bonds. The summed E-state index contributed by atoms with van der Waals surface area (Å²) in [4.78, 5) is 0. The lowest BCUT2D eigenvalue weighted by atomic mass is 10.2. The van der Waals surface area contributed by atoms with Crippen LogP contribution in [0, 0.1) is 0 Å². The number of rotatable bonds is 5. The Balaban J connectivity index is 2.05. The Morgan fingerprint density at radius 2 is 1.84 bits per heavy atom. The standard InChI is InChI=1S/C13H14ClN3O2/c1-18-10-4-3-9(7-11(10)19-2)8-15-13-6-5-12(14)16-17-13/h3-7H,8H2,1-2H3,(H,15,17). The molecule has 5 nitrogen and oxygen atoms in total. The summed E-state index contributed by atoms with van der Waals surface area (Å²) in [5.41, 5.74) is 1.05. The van der Waals surface area contributed by atoms with E-state index in [0.29, 0.717) is 29.0 Å². The summed E-state index contributed by atoms with van der Waals surface area (Å²) in [6.45, 7) is 0.608. The highest BCUT2D eigenvalue weighted by atomic mass is 35.5. The van der Waals surface area contributed by atoms with Crippen LogP contribution >= 0.6 is 11.6 Å². The van der Waals surface area contributed by atoms with Crippen molar-refractivity contribution in [3.8, 4) is 11.5 Å². The molecular weight excluding hydrogens is 266 g/mol. The number of aromatic nitrogens is 2. The minimum atomic E-state index is 0.372. The average Bonchev–Trinajstić information content (AvgIpc) is 2.46. The zero-order chi connectivity index (χ0) is 13.7. The summed E-state index contributed by atoms with van der Waals surface area (Å²) >= 11 is 5.67. The Morgan fingerprint density at radius 3 is 2.47 bits per heavy atom. The highest BCUT2D eigenvalue weighted by Crippen LogP contribution is 2.27. The Morgan fingerprint density at radius 1 is 1.05 bits per heavy atom. The van der Waals surface area contributed by atoms with Gasteiger partial charge in [-0.15, -0.1) is 10.2 Å². The fourth-order valence-electron chi connectivity index (χ4n) is 1.59. The SMILES string of the molecule is COc1ccc(CNc2ccc(Cl)nn2)cc1OC. The molecule has 1 aromatic heterocycles. The Bertz CT molecular complexity index is 546. The van der Waals surface area contributed by atoms with Crippen LogP contribution in [0.3, 0.4) is 0 Å². The number of methoxy groups -OCH3 is 2. The van der Waals surface area contributed by atoms with Crippen molar-refractivity contribution in [3.05, 3.63) is 41.0 Å². The third kappa shape index (κ3) is 3.48. The number of anilines is 1. The van der Waals surface area contributed by atoms with E-state index in [9.17, 15) is 0 Å². The summed E-state index contributed by atoms with van der Waals surface area (Å²) in [6, 6.07) is 9.19. The second-order valence-electron chi connectivity index (χ2n) is 3.78. The molecule has 0 aliphatic carbocycles. The zero-order valence-corrected chi connectivity index (χ0v) is 11.4. The van der Waals surface area contributed by atoms with Gasteiger partial charge in [0.1, 0.15) is 5.82 Å². The van der Waals surface area contributed by atoms with Gasteiger partial charge in [0.25, 0.3) is 0 Å². The van der Waals surface area contributed by atoms with Gasteiger partial charge in [0.15, 0.2) is 16.7 Å². The van der Waals surface area contributed by atoms with Crippen LogP contribution in [-0.2, 0) is 6.54 Å². The maximum absolute atomic E-state index is 5.67. The monoisotopic (exact) mass is 279 g/mol. The molecule has 0 bridgehead atoms. The minimum Gasteiger partial charge on any atom is -0.493 e. The maximum atomic E-state index is 5.67. The van der Waals surface area contributed by atoms with Gasteiger partial charge in [0.05, 0.1) is 14.2 Å². The molecule has 0 aliphatic heterocycles. The molecule has 1 heterocycles. The van der Waals surface area contributed by atoms with E-state index in [-0.39, 0.29) is 0 Å². The summed E-state index contributed by atoms with van der Waals surface area (Å²) < 4.78 is 10.4. The van der Waals surface area contributed by atoms with E-state index in [2.05, 4.69) is 15.5 Å². The highest BCUT2D eigenvalue weighted by Gasteiger charge is 2.04. The quantitative estimate of drug-likeness (QED) is 0.912. The van der Waals surface area contributed by atoms with E-state index >= 15 is 0 Å². The molecule has 19 heavy (non-hydrogen) atoms. The average molecular weight is 280 g/mol. The van der Waals surface area contributed by atoms with E-state index in [1.807, 2.05) is 18.2 Å². The van der Waals surface area contributed by atoms with Gasteiger partial charge in [-0.05, 0) is 29.8 Å². The third-order valence-electron chi connectivity index (χ3n) is 2.55. The van der Waals surface area contributed by atoms with Crippen molar-refractivity contribution in [3.63, 3.8) is 0 Å². The molecule has 1 N–H and O–H groups in total. The molecule has 2 rings (SSSR count). The topological polar surface area (TPSA) is 56.3 Å². The van der Waals surface area contributed by atoms with Gasteiger partial charge < -0.3 is 14.8 Å². The van der Waals surface area contributed by atoms with Gasteiger partial charge in [-0.1, -0.05) is 17.7 Å². The predicted octanol–water partition coefficient (Wildman–Crippen LogP) is 2.76. The number of nitrogens with one attached hydrogen (secondary N) is 1. The summed E-state index contributed by atoms with van der Waals surface area (Å²) in [6.07, 6.45) is 0. The summed E-state index contributed by atoms with van der Waals surface area (Å²) in [5.74, 6) is 2.07. The first-order valence-electron chi connectivity index (χ1n) is 5.67. The van der Waals surface area contributed by atoms with Crippen LogP contribution in [0.2, 0.25) is 5.15 Å². The van der Waals surface area contributed by atoms with E-state index < -0.39 is 0 Å². The molecular formula is C13H14ClN3O2. The van der Waals surface area contributed by atoms with Crippen LogP contribution in [0.1, 0.15) is 5.56 Å². The first kappa shape index (κ1) is 13.4. The highest BCUT2D eigenvalue weighted by molar-refractivity contribution is 6.29. The van der Waals surface area contributed by atoms with E-state index in [1.54, 1.807) is 26.4 Å². The summed E-state index contributed by atoms with van der Waals surface area (Å²) in [5, 5.41) is 11.2. The number of hydrogen-bond acceptors (Lipinski definition) is 5. The van der Waals surface area contributed by atoms with Crippen molar-refractivity contribution >= 4 is 17.4 Å². The van der Waals surface area contributed by atoms with Crippen LogP contribution in [0.15, 0.2) is 30.3 Å². The second-order valence-corrected chi connectivity index (χ2v) is 4.17. The molecule has 0 fully saturated rings. The number of ether oxygens (including phenoxy) is 2. The third-order valence-corrected chi connectivity index (χ3v) is 2.76. The first-order valence-corrected chi connectivity index (χ1v) is 6.04. The van der Waals surface area contributed by atoms with Gasteiger partial charge >= 0.3 is 0 Å². The molecule has 0 radical (unpaired) electrons. The first-order chi connectivity index (χ1) is 9.22. The molecule has 0 saturated carbocycles. The molecule has 0 spiro atoms. The Kier molecular flexibility index (Phi) is 4.41. The molecule has 0 saturated heterocycles. The number of nitrogens with zero attached hydrogens (tertiary/aromatic N) is 2.